The summed E-state index contributed by atoms with van der Waals surface area (Å²) in [6.07, 6.45) is 1.92. The Balaban J connectivity index is 1.85. The maximum absolute atomic E-state index is 8.93. The molecule has 0 unspecified atom stereocenters. The lowest BCUT2D eigenvalue weighted by atomic mass is 9.90. The maximum Gasteiger partial charge on any atom is 0.0813 e. The third-order valence-corrected chi connectivity index (χ3v) is 3.73. The molecule has 2 rings (SSSR count). The third-order valence-electron chi connectivity index (χ3n) is 2.94. The number of thiazole rings is 1. The zero-order valence-corrected chi connectivity index (χ0v) is 11.5. The summed E-state index contributed by atoms with van der Waals surface area (Å²) >= 11 is 1.65. The Kier molecular flexibility index (Phi) is 3.83. The van der Waals surface area contributed by atoms with Gasteiger partial charge in [0, 0.05) is 12.2 Å². The maximum atomic E-state index is 8.93. The zero-order chi connectivity index (χ0) is 13.0. The van der Waals surface area contributed by atoms with Crippen LogP contribution in [-0.4, -0.2) is 11.5 Å². The van der Waals surface area contributed by atoms with Gasteiger partial charge in [-0.3, -0.25) is 0 Å². The highest BCUT2D eigenvalue weighted by Crippen LogP contribution is 2.23. The topological polar surface area (TPSA) is 48.7 Å². The molecule has 4 heteroatoms. The van der Waals surface area contributed by atoms with Gasteiger partial charge in [0.15, 0.2) is 0 Å². The van der Waals surface area contributed by atoms with E-state index in [-0.39, 0.29) is 5.41 Å². The minimum atomic E-state index is -0.219. The molecule has 0 saturated carbocycles. The van der Waals surface area contributed by atoms with Gasteiger partial charge in [-0.25, -0.2) is 4.98 Å². The van der Waals surface area contributed by atoms with E-state index < -0.39 is 0 Å². The van der Waals surface area contributed by atoms with Gasteiger partial charge >= 0.3 is 0 Å². The van der Waals surface area contributed by atoms with Crippen molar-refractivity contribution in [2.45, 2.75) is 26.7 Å². The molecule has 1 heterocycles. The van der Waals surface area contributed by atoms with Crippen LogP contribution in [0.25, 0.3) is 10.2 Å². The normalized spacial score (nSPS) is 11.4. The molecule has 0 aliphatic heterocycles. The summed E-state index contributed by atoms with van der Waals surface area (Å²) in [4.78, 5) is 4.25. The fourth-order valence-corrected chi connectivity index (χ4v) is 2.50. The quantitative estimate of drug-likeness (QED) is 0.824. The molecule has 1 aromatic heterocycles. The first-order valence-corrected chi connectivity index (χ1v) is 6.97. The molecule has 0 radical (unpaired) electrons. The van der Waals surface area contributed by atoms with E-state index in [1.165, 1.54) is 4.70 Å². The van der Waals surface area contributed by atoms with Crippen molar-refractivity contribution in [3.05, 3.63) is 23.7 Å². The van der Waals surface area contributed by atoms with Gasteiger partial charge in [-0.1, -0.05) is 0 Å². The molecule has 0 atom stereocenters. The van der Waals surface area contributed by atoms with E-state index in [2.05, 4.69) is 28.5 Å². The number of hydrogen-bond acceptors (Lipinski definition) is 4. The molecule has 94 valence electrons. The number of nitriles is 1. The molecule has 0 saturated heterocycles. The highest BCUT2D eigenvalue weighted by molar-refractivity contribution is 7.16. The Morgan fingerprint density at radius 2 is 2.28 bits per heavy atom. The Morgan fingerprint density at radius 1 is 1.44 bits per heavy atom. The summed E-state index contributed by atoms with van der Waals surface area (Å²) in [5, 5.41) is 12.3. The second kappa shape index (κ2) is 5.36. The Morgan fingerprint density at radius 3 is 3.06 bits per heavy atom. The van der Waals surface area contributed by atoms with Gasteiger partial charge in [0.05, 0.1) is 27.2 Å². The summed E-state index contributed by atoms with van der Waals surface area (Å²) in [5.41, 5.74) is 3.82. The molecule has 1 N–H and O–H groups in total. The average molecular weight is 259 g/mol. The van der Waals surface area contributed by atoms with Gasteiger partial charge < -0.3 is 5.32 Å². The van der Waals surface area contributed by atoms with Crippen LogP contribution >= 0.6 is 11.3 Å². The molecule has 0 aliphatic carbocycles. The molecule has 0 fully saturated rings. The van der Waals surface area contributed by atoms with Gasteiger partial charge in [-0.15, -0.1) is 11.3 Å². The fraction of sp³-hybridized carbons (Fsp3) is 0.429. The summed E-state index contributed by atoms with van der Waals surface area (Å²) < 4.78 is 1.21. The Bertz CT molecular complexity index is 566. The van der Waals surface area contributed by atoms with Crippen molar-refractivity contribution in [3.63, 3.8) is 0 Å². The highest BCUT2D eigenvalue weighted by atomic mass is 32.1. The predicted octanol–water partition coefficient (Wildman–Crippen LogP) is 4.04. The van der Waals surface area contributed by atoms with Crippen molar-refractivity contribution in [2.75, 3.05) is 11.9 Å². The standard InChI is InChI=1S/C14H17N3S/c1-14(2,9-15)6-3-7-16-11-4-5-12-13(8-11)18-10-17-12/h4-5,8,10,16H,3,6-7H2,1-2H3. The van der Waals surface area contributed by atoms with Crippen molar-refractivity contribution >= 4 is 27.2 Å². The molecular weight excluding hydrogens is 242 g/mol. The van der Waals surface area contributed by atoms with Gasteiger partial charge in [0.25, 0.3) is 0 Å². The monoisotopic (exact) mass is 259 g/mol. The highest BCUT2D eigenvalue weighted by Gasteiger charge is 2.15. The van der Waals surface area contributed by atoms with Crippen molar-refractivity contribution in [1.82, 2.24) is 4.98 Å². The molecule has 1 aromatic carbocycles. The van der Waals surface area contributed by atoms with Crippen molar-refractivity contribution < 1.29 is 0 Å². The van der Waals surface area contributed by atoms with Crippen molar-refractivity contribution in [3.8, 4) is 6.07 Å². The lowest BCUT2D eigenvalue weighted by Crippen LogP contribution is -2.11. The van der Waals surface area contributed by atoms with E-state index in [4.69, 9.17) is 5.26 Å². The minimum Gasteiger partial charge on any atom is -0.385 e. The summed E-state index contributed by atoms with van der Waals surface area (Å²) in [7, 11) is 0. The average Bonchev–Trinajstić information content (AvgIpc) is 2.82. The number of nitrogens with one attached hydrogen (secondary N) is 1. The summed E-state index contributed by atoms with van der Waals surface area (Å²) in [6, 6.07) is 8.54. The van der Waals surface area contributed by atoms with Crippen LogP contribution in [0.1, 0.15) is 26.7 Å². The Hall–Kier alpha value is -1.60. The van der Waals surface area contributed by atoms with Gasteiger partial charge in [0.2, 0.25) is 0 Å². The lowest BCUT2D eigenvalue weighted by Gasteiger charge is -2.15. The SMILES string of the molecule is CC(C)(C#N)CCCNc1ccc2ncsc2c1. The number of hydrogen-bond donors (Lipinski definition) is 1. The largest absolute Gasteiger partial charge is 0.385 e. The fourth-order valence-electron chi connectivity index (χ4n) is 1.78. The van der Waals surface area contributed by atoms with Crippen LogP contribution in [0.2, 0.25) is 0 Å². The van der Waals surface area contributed by atoms with Gasteiger partial charge in [-0.2, -0.15) is 5.26 Å². The Labute approximate surface area is 111 Å². The van der Waals surface area contributed by atoms with Crippen LogP contribution in [0, 0.1) is 16.7 Å². The van der Waals surface area contributed by atoms with Crippen molar-refractivity contribution in [2.24, 2.45) is 5.41 Å². The first kappa shape index (κ1) is 12.8. The van der Waals surface area contributed by atoms with Crippen LogP contribution in [-0.2, 0) is 0 Å². The predicted molar refractivity (Wildman–Crippen MR) is 76.7 cm³/mol. The molecule has 0 spiro atoms. The first-order chi connectivity index (χ1) is 8.61. The second-order valence-corrected chi connectivity index (χ2v) is 5.95. The van der Waals surface area contributed by atoms with E-state index in [9.17, 15) is 0 Å². The third kappa shape index (κ3) is 3.21. The minimum absolute atomic E-state index is 0.219. The number of benzene rings is 1. The number of aromatic nitrogens is 1. The van der Waals surface area contributed by atoms with E-state index in [0.717, 1.165) is 30.6 Å². The smallest absolute Gasteiger partial charge is 0.0813 e. The van der Waals surface area contributed by atoms with Crippen LogP contribution in [0.3, 0.4) is 0 Å². The van der Waals surface area contributed by atoms with E-state index in [0.29, 0.717) is 0 Å². The molecule has 0 amide bonds. The number of rotatable bonds is 5. The molecule has 0 bridgehead atoms. The number of anilines is 1. The number of fused-ring (bicyclic) bond motifs is 1. The van der Waals surface area contributed by atoms with E-state index in [1.807, 2.05) is 25.4 Å². The van der Waals surface area contributed by atoms with Crippen molar-refractivity contribution in [1.29, 1.82) is 5.26 Å². The van der Waals surface area contributed by atoms with Crippen LogP contribution < -0.4 is 5.32 Å². The van der Waals surface area contributed by atoms with Crippen LogP contribution in [0.4, 0.5) is 5.69 Å². The molecule has 18 heavy (non-hydrogen) atoms. The van der Waals surface area contributed by atoms with Crippen LogP contribution in [0.5, 0.6) is 0 Å². The molecule has 0 aliphatic rings. The van der Waals surface area contributed by atoms with E-state index >= 15 is 0 Å². The van der Waals surface area contributed by atoms with E-state index in [1.54, 1.807) is 11.3 Å². The van der Waals surface area contributed by atoms with Crippen LogP contribution in [0.15, 0.2) is 23.7 Å². The second-order valence-electron chi connectivity index (χ2n) is 5.06. The summed E-state index contributed by atoms with van der Waals surface area (Å²) in [6.45, 7) is 4.86. The molecule has 2 aromatic rings. The summed E-state index contributed by atoms with van der Waals surface area (Å²) in [5.74, 6) is 0. The lowest BCUT2D eigenvalue weighted by molar-refractivity contribution is 0.441. The molecule has 3 nitrogen and oxygen atoms in total. The first-order valence-electron chi connectivity index (χ1n) is 6.09. The number of nitrogens with zero attached hydrogens (tertiary/aromatic N) is 2. The van der Waals surface area contributed by atoms with Gasteiger partial charge in [0.1, 0.15) is 0 Å². The zero-order valence-electron chi connectivity index (χ0n) is 10.7. The van der Waals surface area contributed by atoms with Gasteiger partial charge in [-0.05, 0) is 44.9 Å². The molecular formula is C14H17N3S.